The Hall–Kier alpha value is -4.68. The molecule has 0 aliphatic heterocycles. The molecule has 33 heavy (non-hydrogen) atoms. The second-order valence-electron chi connectivity index (χ2n) is 8.48. The first kappa shape index (κ1) is 17.9. The van der Waals surface area contributed by atoms with Crippen molar-refractivity contribution in [3.05, 3.63) is 102 Å². The molecule has 0 atom stereocenters. The van der Waals surface area contributed by atoms with Crippen LogP contribution in [0.1, 0.15) is 11.1 Å². The van der Waals surface area contributed by atoms with Crippen molar-refractivity contribution in [2.45, 2.75) is 0 Å². The zero-order valence-corrected chi connectivity index (χ0v) is 17.6. The Kier molecular flexibility index (Phi) is 3.49. The molecule has 1 aromatic heterocycles. The van der Waals surface area contributed by atoms with Crippen LogP contribution in [0.5, 0.6) is 0 Å². The molecule has 5 aromatic carbocycles. The Morgan fingerprint density at radius 3 is 2.24 bits per heavy atom. The van der Waals surface area contributed by atoms with Crippen LogP contribution in [0.15, 0.2) is 91.0 Å². The highest BCUT2D eigenvalue weighted by atomic mass is 15.0. The fourth-order valence-corrected chi connectivity index (χ4v) is 5.52. The molecule has 0 unspecified atom stereocenters. The van der Waals surface area contributed by atoms with Gasteiger partial charge >= 0.3 is 0 Å². The Balaban J connectivity index is 1.73. The van der Waals surface area contributed by atoms with Gasteiger partial charge in [0.1, 0.15) is 0 Å². The van der Waals surface area contributed by atoms with Crippen LogP contribution >= 0.6 is 0 Å². The van der Waals surface area contributed by atoms with Gasteiger partial charge in [-0.3, -0.25) is 0 Å². The lowest BCUT2D eigenvalue weighted by molar-refractivity contribution is 1.18. The van der Waals surface area contributed by atoms with Crippen molar-refractivity contribution in [3.63, 3.8) is 0 Å². The number of aromatic nitrogens is 1. The van der Waals surface area contributed by atoms with Gasteiger partial charge in [0.2, 0.25) is 0 Å². The molecule has 0 spiro atoms. The molecule has 7 rings (SSSR count). The highest BCUT2D eigenvalue weighted by Crippen LogP contribution is 2.50. The van der Waals surface area contributed by atoms with E-state index in [1.807, 2.05) is 12.1 Å². The van der Waals surface area contributed by atoms with Crippen LogP contribution < -0.4 is 0 Å². The fourth-order valence-electron chi connectivity index (χ4n) is 5.52. The van der Waals surface area contributed by atoms with Gasteiger partial charge in [0.05, 0.1) is 28.4 Å². The van der Waals surface area contributed by atoms with E-state index in [1.165, 1.54) is 50.0 Å². The van der Waals surface area contributed by atoms with Crippen LogP contribution in [0, 0.1) is 16.7 Å². The Morgan fingerprint density at radius 1 is 0.697 bits per heavy atom. The Labute approximate surface area is 190 Å². The van der Waals surface area contributed by atoms with Crippen molar-refractivity contribution in [1.29, 1.82) is 10.7 Å². The van der Waals surface area contributed by atoms with Gasteiger partial charge in [-0.15, -0.1) is 0 Å². The van der Waals surface area contributed by atoms with E-state index in [-0.39, 0.29) is 0 Å². The molecule has 1 heterocycles. The van der Waals surface area contributed by atoms with Crippen molar-refractivity contribution in [2.24, 2.45) is 0 Å². The van der Waals surface area contributed by atoms with Crippen LogP contribution in [0.25, 0.3) is 60.5 Å². The van der Waals surface area contributed by atoms with Gasteiger partial charge < -0.3 is 9.98 Å². The molecular weight excluding hydrogens is 402 g/mol. The largest absolute Gasteiger partial charge is 0.308 e. The Bertz CT molecular complexity index is 1850. The van der Waals surface area contributed by atoms with Gasteiger partial charge in [-0.25, -0.2) is 0 Å². The van der Waals surface area contributed by atoms with E-state index in [4.69, 9.17) is 5.41 Å². The number of nitrogens with zero attached hydrogens (tertiary/aromatic N) is 2. The van der Waals surface area contributed by atoms with E-state index >= 15 is 0 Å². The number of hydrogen-bond acceptors (Lipinski definition) is 2. The van der Waals surface area contributed by atoms with Crippen LogP contribution in [0.3, 0.4) is 0 Å². The second kappa shape index (κ2) is 6.41. The lowest BCUT2D eigenvalue weighted by Gasteiger charge is -2.13. The number of fused-ring (bicyclic) bond motifs is 7. The van der Waals surface area contributed by atoms with E-state index in [9.17, 15) is 5.26 Å². The van der Waals surface area contributed by atoms with Gasteiger partial charge in [-0.2, -0.15) is 5.26 Å². The topological polar surface area (TPSA) is 52.6 Å². The minimum absolute atomic E-state index is 0.556. The molecule has 1 aliphatic carbocycles. The normalized spacial score (nSPS) is 11.7. The summed E-state index contributed by atoms with van der Waals surface area (Å²) in [6.07, 6.45) is 1.34. The molecule has 3 heteroatoms. The van der Waals surface area contributed by atoms with E-state index in [1.54, 1.807) is 6.07 Å². The van der Waals surface area contributed by atoms with Gasteiger partial charge in [0, 0.05) is 27.9 Å². The average molecular weight is 419 g/mol. The molecular formula is C30H17N3. The van der Waals surface area contributed by atoms with E-state index in [2.05, 4.69) is 83.4 Å². The molecule has 0 saturated heterocycles. The van der Waals surface area contributed by atoms with Crippen LogP contribution in [0.2, 0.25) is 0 Å². The molecule has 0 bridgehead atoms. The standard InChI is InChI=1S/C30H17N3/c31-16-18-12-13-27(19(14-18)17-32)33-28-11-4-3-8-22(28)26-15-25-21-7-2-1-6-20(21)23-9-5-10-24(29(23)25)30(26)33/h1-15,17,32H. The summed E-state index contributed by atoms with van der Waals surface area (Å²) in [6.45, 7) is 0. The van der Waals surface area contributed by atoms with Crippen molar-refractivity contribution >= 4 is 38.8 Å². The number of para-hydroxylation sites is 1. The lowest BCUT2D eigenvalue weighted by atomic mass is 9.99. The predicted molar refractivity (Wildman–Crippen MR) is 135 cm³/mol. The van der Waals surface area contributed by atoms with Gasteiger partial charge in [0.15, 0.2) is 0 Å². The third-order valence-electron chi connectivity index (χ3n) is 6.85. The monoisotopic (exact) mass is 419 g/mol. The number of nitriles is 1. The van der Waals surface area contributed by atoms with E-state index < -0.39 is 0 Å². The second-order valence-corrected chi connectivity index (χ2v) is 8.48. The SMILES string of the molecule is N#Cc1ccc(-n2c3ccccc3c3cc4c5c(cccc5c32)-c2ccccc2-4)c(C=N)c1. The van der Waals surface area contributed by atoms with Gasteiger partial charge in [0.25, 0.3) is 0 Å². The average Bonchev–Trinajstić information content (AvgIpc) is 3.38. The molecule has 1 N–H and O–H groups in total. The Morgan fingerprint density at radius 2 is 1.42 bits per heavy atom. The lowest BCUT2D eigenvalue weighted by Crippen LogP contribution is -2.00. The summed E-state index contributed by atoms with van der Waals surface area (Å²) < 4.78 is 2.26. The summed E-state index contributed by atoms with van der Waals surface area (Å²) in [6, 6.07) is 33.7. The third kappa shape index (κ3) is 2.25. The fraction of sp³-hybridized carbons (Fsp3) is 0. The quantitative estimate of drug-likeness (QED) is 0.291. The van der Waals surface area contributed by atoms with Gasteiger partial charge in [-0.05, 0) is 58.0 Å². The summed E-state index contributed by atoms with van der Waals surface area (Å²) >= 11 is 0. The van der Waals surface area contributed by atoms with Crippen molar-refractivity contribution in [1.82, 2.24) is 4.57 Å². The van der Waals surface area contributed by atoms with E-state index in [0.717, 1.165) is 22.3 Å². The van der Waals surface area contributed by atoms with Crippen LogP contribution in [-0.4, -0.2) is 10.8 Å². The van der Waals surface area contributed by atoms with E-state index in [0.29, 0.717) is 5.56 Å². The van der Waals surface area contributed by atoms with Crippen molar-refractivity contribution < 1.29 is 0 Å². The molecule has 1 aliphatic rings. The minimum Gasteiger partial charge on any atom is -0.308 e. The smallest absolute Gasteiger partial charge is 0.0991 e. The summed E-state index contributed by atoms with van der Waals surface area (Å²) in [5.74, 6) is 0. The zero-order chi connectivity index (χ0) is 22.1. The highest BCUT2D eigenvalue weighted by Gasteiger charge is 2.25. The molecule has 6 aromatic rings. The maximum absolute atomic E-state index is 9.39. The minimum atomic E-state index is 0.556. The molecule has 0 fully saturated rings. The number of nitrogens with one attached hydrogen (secondary N) is 1. The van der Waals surface area contributed by atoms with Crippen LogP contribution in [-0.2, 0) is 0 Å². The van der Waals surface area contributed by atoms with Gasteiger partial charge in [-0.1, -0.05) is 60.7 Å². The summed E-state index contributed by atoms with van der Waals surface area (Å²) in [4.78, 5) is 0. The maximum atomic E-state index is 9.39. The molecule has 152 valence electrons. The predicted octanol–water partition coefficient (Wildman–Crippen LogP) is 7.45. The summed E-state index contributed by atoms with van der Waals surface area (Å²) in [7, 11) is 0. The number of rotatable bonds is 2. The van der Waals surface area contributed by atoms with Crippen LogP contribution in [0.4, 0.5) is 0 Å². The maximum Gasteiger partial charge on any atom is 0.0991 e. The first-order valence-corrected chi connectivity index (χ1v) is 10.9. The zero-order valence-electron chi connectivity index (χ0n) is 17.6. The highest BCUT2D eigenvalue weighted by molar-refractivity contribution is 6.27. The molecule has 0 radical (unpaired) electrons. The molecule has 3 nitrogen and oxygen atoms in total. The van der Waals surface area contributed by atoms with Crippen molar-refractivity contribution in [2.75, 3.05) is 0 Å². The molecule has 0 saturated carbocycles. The summed E-state index contributed by atoms with van der Waals surface area (Å²) in [5.41, 5.74) is 9.52. The molecule has 0 amide bonds. The summed E-state index contributed by atoms with van der Waals surface area (Å²) in [5, 5.41) is 22.3. The number of benzene rings is 5. The first-order valence-electron chi connectivity index (χ1n) is 10.9. The first-order chi connectivity index (χ1) is 16.3. The third-order valence-corrected chi connectivity index (χ3v) is 6.85. The number of hydrogen-bond donors (Lipinski definition) is 1. The van der Waals surface area contributed by atoms with Crippen molar-refractivity contribution in [3.8, 4) is 34.0 Å².